The molecule has 4 heterocycles. The molecule has 0 spiro atoms. The molecule has 0 saturated carbocycles. The Balaban J connectivity index is 1.80. The number of aromatic nitrogens is 2. The van der Waals surface area contributed by atoms with E-state index in [2.05, 4.69) is 4.57 Å². The minimum atomic E-state index is -0.554. The zero-order valence-electron chi connectivity index (χ0n) is 15.2. The summed E-state index contributed by atoms with van der Waals surface area (Å²) in [5, 5.41) is 0. The van der Waals surface area contributed by atoms with Gasteiger partial charge in [0.1, 0.15) is 11.4 Å². The SMILES string of the molecule is CCN1C(=O)C2C(=Nc3n2c(C)c(C)[n+]3CC2CCCO2)N(C)C1=O. The Morgan fingerprint density at radius 3 is 2.72 bits per heavy atom. The van der Waals surface area contributed by atoms with Crippen molar-refractivity contribution in [1.29, 1.82) is 0 Å². The Morgan fingerprint density at radius 1 is 1.32 bits per heavy atom. The molecule has 0 aliphatic carbocycles. The summed E-state index contributed by atoms with van der Waals surface area (Å²) in [6, 6.07) is -0.865. The Hall–Kier alpha value is -2.22. The number of rotatable bonds is 3. The van der Waals surface area contributed by atoms with Crippen LogP contribution in [0.2, 0.25) is 0 Å². The van der Waals surface area contributed by atoms with Gasteiger partial charge in [0.25, 0.3) is 5.91 Å². The summed E-state index contributed by atoms with van der Waals surface area (Å²) in [7, 11) is 1.68. The van der Waals surface area contributed by atoms with Gasteiger partial charge in [-0.25, -0.2) is 13.9 Å². The maximum absolute atomic E-state index is 12.9. The minimum Gasteiger partial charge on any atom is -0.375 e. The van der Waals surface area contributed by atoms with Crippen molar-refractivity contribution in [2.24, 2.45) is 4.99 Å². The number of likely N-dealkylation sites (N-methyl/N-ethyl adjacent to an activating group) is 2. The van der Waals surface area contributed by atoms with E-state index in [4.69, 9.17) is 9.73 Å². The highest BCUT2D eigenvalue weighted by atomic mass is 16.5. The first-order valence-corrected chi connectivity index (χ1v) is 8.86. The summed E-state index contributed by atoms with van der Waals surface area (Å²) in [5.74, 6) is 1.04. The molecule has 2 unspecified atom stereocenters. The number of imide groups is 1. The number of aliphatic imine (C=N–C) groups is 1. The van der Waals surface area contributed by atoms with Gasteiger partial charge < -0.3 is 4.74 Å². The van der Waals surface area contributed by atoms with Crippen LogP contribution in [0.4, 0.5) is 10.7 Å². The normalized spacial score (nSPS) is 25.5. The molecule has 134 valence electrons. The van der Waals surface area contributed by atoms with Crippen molar-refractivity contribution in [1.82, 2.24) is 14.4 Å². The van der Waals surface area contributed by atoms with Crippen LogP contribution < -0.4 is 4.57 Å². The van der Waals surface area contributed by atoms with Crippen LogP contribution in [-0.4, -0.2) is 58.4 Å². The molecule has 0 radical (unpaired) electrons. The van der Waals surface area contributed by atoms with Gasteiger partial charge in [-0.15, -0.1) is 0 Å². The molecule has 2 saturated heterocycles. The molecule has 3 amide bonds. The predicted molar refractivity (Wildman–Crippen MR) is 89.8 cm³/mol. The van der Waals surface area contributed by atoms with E-state index in [1.54, 1.807) is 7.05 Å². The second kappa shape index (κ2) is 5.66. The predicted octanol–water partition coefficient (Wildman–Crippen LogP) is 1.07. The van der Waals surface area contributed by atoms with Crippen LogP contribution >= 0.6 is 0 Å². The van der Waals surface area contributed by atoms with E-state index >= 15 is 0 Å². The summed E-state index contributed by atoms with van der Waals surface area (Å²) >= 11 is 0. The molecule has 1 aromatic rings. The van der Waals surface area contributed by atoms with E-state index in [-0.39, 0.29) is 18.0 Å². The van der Waals surface area contributed by atoms with Crippen LogP contribution in [0.3, 0.4) is 0 Å². The van der Waals surface area contributed by atoms with Crippen molar-refractivity contribution in [2.75, 3.05) is 20.2 Å². The number of imidazole rings is 1. The molecule has 8 nitrogen and oxygen atoms in total. The number of carbonyl (C=O) groups excluding carboxylic acids is 2. The Bertz CT molecular complexity index is 791. The third-order valence-corrected chi connectivity index (χ3v) is 5.55. The Labute approximate surface area is 146 Å². The molecule has 25 heavy (non-hydrogen) atoms. The lowest BCUT2D eigenvalue weighted by Gasteiger charge is -2.32. The average molecular weight is 346 g/mol. The fraction of sp³-hybridized carbons (Fsp3) is 0.647. The Kier molecular flexibility index (Phi) is 3.68. The van der Waals surface area contributed by atoms with Gasteiger partial charge in [0.2, 0.25) is 11.9 Å². The topological polar surface area (TPSA) is 71.0 Å². The molecule has 2 atom stereocenters. The number of hydrogen-bond donors (Lipinski definition) is 0. The van der Waals surface area contributed by atoms with E-state index in [0.717, 1.165) is 43.3 Å². The average Bonchev–Trinajstić information content (AvgIpc) is 3.28. The van der Waals surface area contributed by atoms with Crippen LogP contribution in [0.25, 0.3) is 0 Å². The number of nitrogens with zero attached hydrogens (tertiary/aromatic N) is 5. The molecular formula is C17H24N5O3+. The molecular weight excluding hydrogens is 322 g/mol. The zero-order chi connectivity index (χ0) is 17.9. The maximum Gasteiger partial charge on any atom is 0.402 e. The number of amides is 3. The third-order valence-electron chi connectivity index (χ3n) is 5.55. The van der Waals surface area contributed by atoms with E-state index in [1.807, 2.05) is 25.3 Å². The first kappa shape index (κ1) is 16.3. The number of carbonyl (C=O) groups is 2. The first-order chi connectivity index (χ1) is 12.0. The number of ether oxygens (including phenoxy) is 1. The van der Waals surface area contributed by atoms with Gasteiger partial charge in [0.05, 0.1) is 12.6 Å². The lowest BCUT2D eigenvalue weighted by molar-refractivity contribution is -0.695. The summed E-state index contributed by atoms with van der Waals surface area (Å²) in [5.41, 5.74) is 2.09. The summed E-state index contributed by atoms with van der Waals surface area (Å²) in [6.45, 7) is 7.75. The molecule has 3 aliphatic rings. The Morgan fingerprint density at radius 2 is 2.08 bits per heavy atom. The maximum atomic E-state index is 12.9. The zero-order valence-corrected chi connectivity index (χ0v) is 15.2. The quantitative estimate of drug-likeness (QED) is 0.769. The van der Waals surface area contributed by atoms with Crippen molar-refractivity contribution >= 4 is 23.7 Å². The van der Waals surface area contributed by atoms with Gasteiger partial charge in [0.15, 0.2) is 0 Å². The highest BCUT2D eigenvalue weighted by molar-refractivity contribution is 6.20. The van der Waals surface area contributed by atoms with Crippen molar-refractivity contribution < 1.29 is 18.9 Å². The molecule has 0 aromatic carbocycles. The smallest absolute Gasteiger partial charge is 0.375 e. The summed E-state index contributed by atoms with van der Waals surface area (Å²) in [6.07, 6.45) is 2.30. The van der Waals surface area contributed by atoms with E-state index in [9.17, 15) is 9.59 Å². The lowest BCUT2D eigenvalue weighted by atomic mass is 10.1. The molecule has 3 aliphatic heterocycles. The van der Waals surface area contributed by atoms with Crippen molar-refractivity contribution in [3.63, 3.8) is 0 Å². The van der Waals surface area contributed by atoms with Gasteiger partial charge in [-0.3, -0.25) is 14.6 Å². The third kappa shape index (κ3) is 2.16. The highest BCUT2D eigenvalue weighted by Crippen LogP contribution is 2.35. The van der Waals surface area contributed by atoms with Gasteiger partial charge >= 0.3 is 12.0 Å². The fourth-order valence-corrected chi connectivity index (χ4v) is 4.00. The monoisotopic (exact) mass is 346 g/mol. The van der Waals surface area contributed by atoms with Crippen LogP contribution in [0.5, 0.6) is 0 Å². The number of amidine groups is 1. The largest absolute Gasteiger partial charge is 0.402 e. The van der Waals surface area contributed by atoms with E-state index in [1.165, 1.54) is 9.80 Å². The van der Waals surface area contributed by atoms with Crippen molar-refractivity contribution in [3.8, 4) is 0 Å². The van der Waals surface area contributed by atoms with E-state index in [0.29, 0.717) is 12.4 Å². The van der Waals surface area contributed by atoms with Gasteiger partial charge in [-0.1, -0.05) is 4.99 Å². The number of urea groups is 1. The van der Waals surface area contributed by atoms with Gasteiger partial charge in [-0.05, 0) is 33.6 Å². The molecule has 0 N–H and O–H groups in total. The highest BCUT2D eigenvalue weighted by Gasteiger charge is 2.53. The van der Waals surface area contributed by atoms with Crippen LogP contribution in [-0.2, 0) is 16.1 Å². The van der Waals surface area contributed by atoms with Gasteiger partial charge in [0, 0.05) is 20.2 Å². The molecule has 4 rings (SSSR count). The van der Waals surface area contributed by atoms with Crippen LogP contribution in [0.1, 0.15) is 37.2 Å². The number of fused-ring (bicyclic) bond motifs is 3. The summed E-state index contributed by atoms with van der Waals surface area (Å²) < 4.78 is 9.86. The van der Waals surface area contributed by atoms with Crippen molar-refractivity contribution in [2.45, 2.75) is 52.3 Å². The van der Waals surface area contributed by atoms with Crippen molar-refractivity contribution in [3.05, 3.63) is 11.4 Å². The molecule has 8 heteroatoms. The summed E-state index contributed by atoms with van der Waals surface area (Å²) in [4.78, 5) is 32.8. The minimum absolute atomic E-state index is 0.181. The van der Waals surface area contributed by atoms with Crippen LogP contribution in [0.15, 0.2) is 4.99 Å². The second-order valence-corrected chi connectivity index (χ2v) is 6.88. The fourth-order valence-electron chi connectivity index (χ4n) is 4.00. The van der Waals surface area contributed by atoms with Crippen LogP contribution in [0, 0.1) is 13.8 Å². The van der Waals surface area contributed by atoms with E-state index < -0.39 is 6.04 Å². The molecule has 1 aromatic heterocycles. The number of hydrogen-bond acceptors (Lipinski definition) is 4. The molecule has 0 bridgehead atoms. The second-order valence-electron chi connectivity index (χ2n) is 6.88. The molecule has 2 fully saturated rings. The van der Waals surface area contributed by atoms with Gasteiger partial charge in [-0.2, -0.15) is 0 Å². The standard InChI is InChI=1S/C17H24N5O3/c1-5-20-15(23)13-14(19(4)17(20)24)18-16-21(9-12-7-6-8-25-12)10(2)11(3)22(13)16/h12-13H,5-9H2,1-4H3/q+1. The lowest BCUT2D eigenvalue weighted by Crippen LogP contribution is -2.57. The first-order valence-electron chi connectivity index (χ1n) is 8.86.